The Labute approximate surface area is 209 Å². The van der Waals surface area contributed by atoms with E-state index in [1.54, 1.807) is 25.3 Å². The summed E-state index contributed by atoms with van der Waals surface area (Å²) in [6.07, 6.45) is 6.07. The number of carbonyl (C=O) groups excluding carboxylic acids is 1. The summed E-state index contributed by atoms with van der Waals surface area (Å²) in [5.74, 6) is 0.558. The first-order chi connectivity index (χ1) is 16.2. The first-order valence-electron chi connectivity index (χ1n) is 10.2. The van der Waals surface area contributed by atoms with Crippen molar-refractivity contribution in [3.63, 3.8) is 0 Å². The smallest absolute Gasteiger partial charge is 0.267 e. The number of rotatable bonds is 5. The summed E-state index contributed by atoms with van der Waals surface area (Å²) in [4.78, 5) is 12.8. The molecule has 0 fully saturated rings. The zero-order chi connectivity index (χ0) is 25.5. The molecule has 0 atom stereocenters. The Morgan fingerprint density at radius 2 is 1.82 bits per heavy atom. The van der Waals surface area contributed by atoms with Gasteiger partial charge in [0.15, 0.2) is 11.5 Å². The number of anilines is 1. The number of allylic oxidation sites excluding steroid dienone is 4. The fraction of sp³-hybridized carbons (Fsp3) is 0.217. The minimum absolute atomic E-state index is 0.0477. The van der Waals surface area contributed by atoms with E-state index in [4.69, 9.17) is 14.9 Å². The van der Waals surface area contributed by atoms with Crippen LogP contribution >= 0.6 is 24.0 Å². The maximum absolute atomic E-state index is 12.9. The van der Waals surface area contributed by atoms with E-state index in [0.29, 0.717) is 22.8 Å². The number of sulfonamides is 1. The number of amides is 1. The van der Waals surface area contributed by atoms with Gasteiger partial charge in [-0.05, 0) is 60.1 Å². The molecule has 0 spiro atoms. The number of carbonyl (C=O) groups is 1. The highest BCUT2D eigenvalue weighted by molar-refractivity contribution is 7.90. The topological polar surface area (TPSA) is 118 Å². The molecule has 1 amide bonds. The van der Waals surface area contributed by atoms with Crippen LogP contribution in [-0.4, -0.2) is 33.1 Å². The number of hydrogen-bond donors (Lipinski definition) is 4. The van der Waals surface area contributed by atoms with E-state index in [-0.39, 0.29) is 28.0 Å². The molecule has 4 rings (SSSR count). The van der Waals surface area contributed by atoms with Gasteiger partial charge in [-0.25, -0.2) is 8.42 Å². The van der Waals surface area contributed by atoms with Crippen LogP contribution in [0.15, 0.2) is 64.6 Å². The predicted octanol–water partition coefficient (Wildman–Crippen LogP) is 4.92. The van der Waals surface area contributed by atoms with Crippen molar-refractivity contribution in [3.05, 3.63) is 70.1 Å². The minimum Gasteiger partial charge on any atom is -0.454 e. The van der Waals surface area contributed by atoms with Crippen LogP contribution in [0.1, 0.15) is 29.1 Å². The molecule has 1 aliphatic heterocycles. The molecule has 2 heterocycles. The van der Waals surface area contributed by atoms with Gasteiger partial charge < -0.3 is 20.2 Å². The van der Waals surface area contributed by atoms with Gasteiger partial charge in [0.2, 0.25) is 6.79 Å². The number of hydrogen-bond acceptors (Lipinski definition) is 8. The lowest BCUT2D eigenvalue weighted by Crippen LogP contribution is -2.25. The number of fused-ring (bicyclic) bond motifs is 1. The molecule has 1 aromatic carbocycles. The van der Waals surface area contributed by atoms with Gasteiger partial charge in [0.05, 0.1) is 5.71 Å². The summed E-state index contributed by atoms with van der Waals surface area (Å²) in [6, 6.07) is 4.77. The maximum Gasteiger partial charge on any atom is 0.267 e. The Balaban J connectivity index is 0.000000970. The summed E-state index contributed by atoms with van der Waals surface area (Å²) < 4.78 is 38.8. The SMILES string of the molecule is C=C1C=C(NS(=O)(=O)c2ccsc2C(=O)Nc2cc3c(cc2C)OCO3)C=CC1=N.CC.CS. The molecule has 2 aromatic rings. The molecule has 182 valence electrons. The second kappa shape index (κ2) is 11.9. The van der Waals surface area contributed by atoms with E-state index in [1.807, 2.05) is 13.8 Å². The number of thiophene rings is 1. The first kappa shape index (κ1) is 27.2. The third kappa shape index (κ3) is 6.10. The number of nitrogens with one attached hydrogen (secondary N) is 3. The summed E-state index contributed by atoms with van der Waals surface area (Å²) in [5.41, 5.74) is 2.11. The molecule has 8 nitrogen and oxygen atoms in total. The molecular weight excluding hydrogens is 494 g/mol. The van der Waals surface area contributed by atoms with Crippen LogP contribution in [0.25, 0.3) is 0 Å². The summed E-state index contributed by atoms with van der Waals surface area (Å²) in [7, 11) is -4.02. The number of aryl methyl sites for hydroxylation is 1. The lowest BCUT2D eigenvalue weighted by atomic mass is 10.1. The highest BCUT2D eigenvalue weighted by Crippen LogP contribution is 2.37. The summed E-state index contributed by atoms with van der Waals surface area (Å²) in [6.45, 7) is 9.61. The largest absolute Gasteiger partial charge is 0.454 e. The molecule has 2 aliphatic rings. The molecule has 0 bridgehead atoms. The Kier molecular flexibility index (Phi) is 9.54. The third-order valence-corrected chi connectivity index (χ3v) is 6.92. The zero-order valence-corrected chi connectivity index (χ0v) is 21.8. The fourth-order valence-electron chi connectivity index (χ4n) is 2.90. The standard InChI is InChI=1S/C20H17N3O5S2.C2H6.CH4S/c1-11-7-13(3-4-14(11)21)23-30(25,26)18-5-6-29-19(18)20(24)22-15-9-17-16(8-12(15)2)27-10-28-17;2*1-2/h3-9,21,23H,1,10H2,2H3,(H,22,24);1-2H3;2H,1H3. The van der Waals surface area contributed by atoms with E-state index in [2.05, 4.69) is 29.2 Å². The summed E-state index contributed by atoms with van der Waals surface area (Å²) in [5, 5.41) is 11.9. The van der Waals surface area contributed by atoms with Gasteiger partial charge in [0.1, 0.15) is 9.77 Å². The third-order valence-electron chi connectivity index (χ3n) is 4.45. The highest BCUT2D eigenvalue weighted by Gasteiger charge is 2.26. The molecule has 0 unspecified atom stereocenters. The second-order valence-corrected chi connectivity index (χ2v) is 9.13. The monoisotopic (exact) mass is 521 g/mol. The Bertz CT molecular complexity index is 1260. The Hall–Kier alpha value is -3.02. The second-order valence-electron chi connectivity index (χ2n) is 6.57. The van der Waals surface area contributed by atoms with Gasteiger partial charge in [-0.3, -0.25) is 9.52 Å². The van der Waals surface area contributed by atoms with Crippen molar-refractivity contribution in [3.8, 4) is 11.5 Å². The number of ether oxygens (including phenoxy) is 2. The predicted molar refractivity (Wildman–Crippen MR) is 140 cm³/mol. The van der Waals surface area contributed by atoms with Crippen LogP contribution in [0.3, 0.4) is 0 Å². The van der Waals surface area contributed by atoms with Gasteiger partial charge in [-0.2, -0.15) is 12.6 Å². The minimum atomic E-state index is -4.02. The average Bonchev–Trinajstić information content (AvgIpc) is 3.49. The van der Waals surface area contributed by atoms with Crippen LogP contribution in [0.5, 0.6) is 11.5 Å². The van der Waals surface area contributed by atoms with E-state index < -0.39 is 15.9 Å². The van der Waals surface area contributed by atoms with Crippen LogP contribution in [0, 0.1) is 12.3 Å². The Morgan fingerprint density at radius 3 is 2.47 bits per heavy atom. The van der Waals surface area contributed by atoms with Crippen molar-refractivity contribution in [2.24, 2.45) is 0 Å². The van der Waals surface area contributed by atoms with Gasteiger partial charge >= 0.3 is 0 Å². The van der Waals surface area contributed by atoms with Gasteiger partial charge in [0.25, 0.3) is 15.9 Å². The molecular formula is C23H27N3O5S3. The number of thiol groups is 1. The maximum atomic E-state index is 12.9. The van der Waals surface area contributed by atoms with Crippen molar-refractivity contribution in [1.82, 2.24) is 4.72 Å². The molecule has 0 saturated carbocycles. The Morgan fingerprint density at radius 1 is 1.18 bits per heavy atom. The van der Waals surface area contributed by atoms with Crippen molar-refractivity contribution >= 4 is 51.3 Å². The zero-order valence-electron chi connectivity index (χ0n) is 19.3. The van der Waals surface area contributed by atoms with Crippen LogP contribution < -0.4 is 19.5 Å². The quantitative estimate of drug-likeness (QED) is 0.417. The molecule has 1 aromatic heterocycles. The van der Waals surface area contributed by atoms with E-state index in [9.17, 15) is 13.2 Å². The van der Waals surface area contributed by atoms with E-state index in [1.165, 1.54) is 29.7 Å². The van der Waals surface area contributed by atoms with Crippen LogP contribution in [0.2, 0.25) is 0 Å². The molecule has 1 aliphatic carbocycles. The van der Waals surface area contributed by atoms with Crippen LogP contribution in [-0.2, 0) is 10.0 Å². The summed E-state index contributed by atoms with van der Waals surface area (Å²) >= 11 is 4.55. The van der Waals surface area contributed by atoms with Crippen molar-refractivity contribution in [2.45, 2.75) is 25.7 Å². The lowest BCUT2D eigenvalue weighted by molar-refractivity contribution is 0.102. The molecule has 0 saturated heterocycles. The first-order valence-corrected chi connectivity index (χ1v) is 13.4. The van der Waals surface area contributed by atoms with Gasteiger partial charge in [-0.15, -0.1) is 11.3 Å². The van der Waals surface area contributed by atoms with Gasteiger partial charge in [0, 0.05) is 17.5 Å². The molecule has 3 N–H and O–H groups in total. The average molecular weight is 522 g/mol. The number of benzene rings is 1. The van der Waals surface area contributed by atoms with E-state index in [0.717, 1.165) is 16.9 Å². The normalized spacial score (nSPS) is 13.7. The lowest BCUT2D eigenvalue weighted by Gasteiger charge is -2.13. The van der Waals surface area contributed by atoms with E-state index >= 15 is 0 Å². The van der Waals surface area contributed by atoms with Gasteiger partial charge in [-0.1, -0.05) is 20.4 Å². The molecule has 0 radical (unpaired) electrons. The molecule has 11 heteroatoms. The fourth-order valence-corrected chi connectivity index (χ4v) is 5.27. The van der Waals surface area contributed by atoms with Crippen molar-refractivity contribution < 1.29 is 22.7 Å². The van der Waals surface area contributed by atoms with Crippen LogP contribution in [0.4, 0.5) is 5.69 Å². The molecule has 34 heavy (non-hydrogen) atoms. The highest BCUT2D eigenvalue weighted by atomic mass is 32.2. The van der Waals surface area contributed by atoms with Crippen molar-refractivity contribution in [2.75, 3.05) is 18.4 Å². The van der Waals surface area contributed by atoms with Crippen molar-refractivity contribution in [1.29, 1.82) is 5.41 Å².